The van der Waals surface area contributed by atoms with Gasteiger partial charge in [0, 0.05) is 43.3 Å². The summed E-state index contributed by atoms with van der Waals surface area (Å²) in [4.78, 5) is 39.0. The van der Waals surface area contributed by atoms with Gasteiger partial charge in [-0.05, 0) is 76.4 Å². The van der Waals surface area contributed by atoms with E-state index in [0.717, 1.165) is 48.4 Å². The fraction of sp³-hybridized carbons (Fsp3) is 0.379. The zero-order valence-electron chi connectivity index (χ0n) is 22.3. The lowest BCUT2D eigenvalue weighted by Crippen LogP contribution is -2.63. The Labute approximate surface area is 223 Å². The van der Waals surface area contributed by atoms with Gasteiger partial charge in [0.2, 0.25) is 0 Å². The smallest absolute Gasteiger partial charge is 0.407 e. The number of hydrogen-bond donors (Lipinski definition) is 2. The molecule has 0 saturated carbocycles. The molecule has 2 aromatic heterocycles. The lowest BCUT2D eigenvalue weighted by molar-refractivity contribution is 0.0523. The molecule has 1 aromatic carbocycles. The molecule has 3 amide bonds. The summed E-state index contributed by atoms with van der Waals surface area (Å²) in [6.07, 6.45) is 4.75. The molecule has 0 aliphatic carbocycles. The molecule has 0 spiro atoms. The van der Waals surface area contributed by atoms with Crippen LogP contribution in [0.4, 0.5) is 26.8 Å². The second-order valence-corrected chi connectivity index (χ2v) is 11.1. The van der Waals surface area contributed by atoms with E-state index in [1.807, 2.05) is 56.0 Å². The van der Waals surface area contributed by atoms with Crippen LogP contribution >= 0.6 is 0 Å². The molecule has 9 nitrogen and oxygen atoms in total. The molecule has 38 heavy (non-hydrogen) atoms. The topological polar surface area (TPSA) is 99.7 Å². The van der Waals surface area contributed by atoms with Gasteiger partial charge in [0.15, 0.2) is 5.82 Å². The Morgan fingerprint density at radius 3 is 2.66 bits per heavy atom. The number of urea groups is 1. The van der Waals surface area contributed by atoms with Gasteiger partial charge in [0.25, 0.3) is 0 Å². The van der Waals surface area contributed by atoms with E-state index in [1.54, 1.807) is 24.5 Å². The maximum absolute atomic E-state index is 13.7. The van der Waals surface area contributed by atoms with Crippen LogP contribution in [0.1, 0.15) is 46.1 Å². The lowest BCUT2D eigenvalue weighted by atomic mass is 9.86. The second-order valence-electron chi connectivity index (χ2n) is 11.1. The molecule has 4 heterocycles. The van der Waals surface area contributed by atoms with Crippen molar-refractivity contribution >= 4 is 29.3 Å². The molecule has 2 aliphatic rings. The molecule has 3 aromatic rings. The number of hydrogen-bond acceptors (Lipinski definition) is 6. The Balaban J connectivity index is 1.44. The summed E-state index contributed by atoms with van der Waals surface area (Å²) in [6.45, 7) is 9.67. The van der Waals surface area contributed by atoms with Crippen LogP contribution in [-0.4, -0.2) is 46.3 Å². The van der Waals surface area contributed by atoms with Crippen molar-refractivity contribution < 1.29 is 14.3 Å². The summed E-state index contributed by atoms with van der Waals surface area (Å²) in [7, 11) is 0. The molecule has 2 N–H and O–H groups in total. The first kappa shape index (κ1) is 25.5. The Hall–Kier alpha value is -4.14. The number of benzene rings is 1. The second kappa shape index (κ2) is 9.96. The van der Waals surface area contributed by atoms with Crippen LogP contribution in [0.2, 0.25) is 0 Å². The van der Waals surface area contributed by atoms with E-state index in [9.17, 15) is 9.59 Å². The van der Waals surface area contributed by atoms with E-state index in [0.29, 0.717) is 18.1 Å². The van der Waals surface area contributed by atoms with E-state index >= 15 is 0 Å². The maximum Gasteiger partial charge on any atom is 0.407 e. The number of anilines is 3. The molecule has 1 atom stereocenters. The molecule has 0 radical (unpaired) electrons. The highest BCUT2D eigenvalue weighted by molar-refractivity contribution is 6.05. The first-order valence-electron chi connectivity index (χ1n) is 12.9. The first-order valence-corrected chi connectivity index (χ1v) is 12.9. The number of aromatic nitrogens is 2. The van der Waals surface area contributed by atoms with Crippen LogP contribution in [-0.2, 0) is 11.3 Å². The molecule has 1 saturated heterocycles. The Bertz CT molecular complexity index is 1340. The number of alkyl carbamates (subject to hydrolysis) is 1. The van der Waals surface area contributed by atoms with Gasteiger partial charge in [-0.25, -0.2) is 14.6 Å². The van der Waals surface area contributed by atoms with Crippen LogP contribution in [0.15, 0.2) is 60.9 Å². The molecule has 5 rings (SSSR count). The number of rotatable bonds is 4. The third-order valence-corrected chi connectivity index (χ3v) is 6.81. The van der Waals surface area contributed by atoms with Crippen LogP contribution in [0.25, 0.3) is 11.3 Å². The van der Waals surface area contributed by atoms with Crippen LogP contribution < -0.4 is 20.4 Å². The van der Waals surface area contributed by atoms with Crippen molar-refractivity contribution in [2.75, 3.05) is 28.2 Å². The number of carbonyl (C=O) groups excluding carboxylic acids is 2. The van der Waals surface area contributed by atoms with Gasteiger partial charge in [-0.2, -0.15) is 0 Å². The minimum atomic E-state index is -0.556. The minimum absolute atomic E-state index is 0.207. The number of piperidine rings is 1. The fourth-order valence-electron chi connectivity index (χ4n) is 5.16. The summed E-state index contributed by atoms with van der Waals surface area (Å²) >= 11 is 0. The average Bonchev–Trinajstić information content (AvgIpc) is 2.87. The standard InChI is InChI=1S/C29H34N6O3/c1-28(2,3)38-27(37)31-18-20-7-5-8-21(17-20)23-9-10-24-25(33-23)35(29(4)13-6-16-34(24)19-29)26(36)32-22-11-14-30-15-12-22/h5,7-12,14-15,17H,6,13,16,18-19H2,1-4H3,(H,31,37)(H,30,32,36)/t29-/m0/s1. The van der Waals surface area contributed by atoms with Crippen molar-refractivity contribution in [2.24, 2.45) is 0 Å². The summed E-state index contributed by atoms with van der Waals surface area (Å²) in [6, 6.07) is 15.3. The third kappa shape index (κ3) is 5.41. The summed E-state index contributed by atoms with van der Waals surface area (Å²) < 4.78 is 5.35. The third-order valence-electron chi connectivity index (χ3n) is 6.81. The van der Waals surface area contributed by atoms with Gasteiger partial charge in [-0.15, -0.1) is 0 Å². The zero-order valence-corrected chi connectivity index (χ0v) is 22.3. The van der Waals surface area contributed by atoms with E-state index in [2.05, 4.69) is 33.5 Å². The SMILES string of the molecule is CC(C)(C)OC(=O)NCc1cccc(-c2ccc3c(n2)N(C(=O)Nc2ccncc2)[C@@]2(C)CCCN3C2)c1. The molecule has 2 aliphatic heterocycles. The van der Waals surface area contributed by atoms with Gasteiger partial charge in [-0.3, -0.25) is 9.88 Å². The van der Waals surface area contributed by atoms with Gasteiger partial charge in [0.1, 0.15) is 5.60 Å². The number of ether oxygens (including phenoxy) is 1. The lowest BCUT2D eigenvalue weighted by Gasteiger charge is -2.52. The normalized spacial score (nSPS) is 18.4. The summed E-state index contributed by atoms with van der Waals surface area (Å²) in [5.41, 5.74) is 3.30. The number of amides is 3. The predicted molar refractivity (Wildman–Crippen MR) is 148 cm³/mol. The number of fused-ring (bicyclic) bond motifs is 4. The van der Waals surface area contributed by atoms with Crippen molar-refractivity contribution in [1.82, 2.24) is 15.3 Å². The van der Waals surface area contributed by atoms with E-state index in [1.165, 1.54) is 0 Å². The molecule has 198 valence electrons. The molecule has 0 unspecified atom stereocenters. The first-order chi connectivity index (χ1) is 18.1. The highest BCUT2D eigenvalue weighted by Crippen LogP contribution is 2.44. The van der Waals surface area contributed by atoms with Crippen LogP contribution in [0.5, 0.6) is 0 Å². The fourth-order valence-corrected chi connectivity index (χ4v) is 5.16. The molecular formula is C29H34N6O3. The van der Waals surface area contributed by atoms with Gasteiger partial charge < -0.3 is 20.3 Å². The molecule has 2 bridgehead atoms. The highest BCUT2D eigenvalue weighted by Gasteiger charge is 2.46. The van der Waals surface area contributed by atoms with Gasteiger partial charge in [0.05, 0.1) is 16.9 Å². The Morgan fingerprint density at radius 2 is 1.89 bits per heavy atom. The van der Waals surface area contributed by atoms with Crippen LogP contribution in [0.3, 0.4) is 0 Å². The van der Waals surface area contributed by atoms with Crippen molar-refractivity contribution in [3.63, 3.8) is 0 Å². The van der Waals surface area contributed by atoms with Gasteiger partial charge >= 0.3 is 12.1 Å². The highest BCUT2D eigenvalue weighted by atomic mass is 16.6. The van der Waals surface area contributed by atoms with Crippen molar-refractivity contribution in [3.05, 3.63) is 66.5 Å². The summed E-state index contributed by atoms with van der Waals surface area (Å²) in [5.74, 6) is 0.653. The van der Waals surface area contributed by atoms with E-state index < -0.39 is 11.7 Å². The Kier molecular flexibility index (Phi) is 6.69. The maximum atomic E-state index is 13.7. The number of pyridine rings is 2. The number of nitrogens with one attached hydrogen (secondary N) is 2. The van der Waals surface area contributed by atoms with E-state index in [4.69, 9.17) is 9.72 Å². The van der Waals surface area contributed by atoms with E-state index in [-0.39, 0.29) is 11.6 Å². The molecule has 9 heteroatoms. The van der Waals surface area contributed by atoms with Crippen LogP contribution in [0, 0.1) is 0 Å². The molecule has 1 fully saturated rings. The Morgan fingerprint density at radius 1 is 1.11 bits per heavy atom. The summed E-state index contributed by atoms with van der Waals surface area (Å²) in [5, 5.41) is 5.84. The average molecular weight is 515 g/mol. The van der Waals surface area contributed by atoms with Crippen molar-refractivity contribution in [2.45, 2.75) is 58.2 Å². The number of nitrogens with zero attached hydrogens (tertiary/aromatic N) is 4. The van der Waals surface area contributed by atoms with Gasteiger partial charge in [-0.1, -0.05) is 18.2 Å². The largest absolute Gasteiger partial charge is 0.444 e. The minimum Gasteiger partial charge on any atom is -0.444 e. The number of carbonyl (C=O) groups is 2. The quantitative estimate of drug-likeness (QED) is 0.472. The molecular weight excluding hydrogens is 480 g/mol. The van der Waals surface area contributed by atoms with Crippen molar-refractivity contribution in [3.8, 4) is 11.3 Å². The monoisotopic (exact) mass is 514 g/mol. The predicted octanol–water partition coefficient (Wildman–Crippen LogP) is 5.58. The zero-order chi connectivity index (χ0) is 26.9. The van der Waals surface area contributed by atoms with Crippen molar-refractivity contribution in [1.29, 1.82) is 0 Å².